The van der Waals surface area contributed by atoms with E-state index in [9.17, 15) is 4.79 Å². The summed E-state index contributed by atoms with van der Waals surface area (Å²) >= 11 is 0. The van der Waals surface area contributed by atoms with Gasteiger partial charge in [-0.3, -0.25) is 10.1 Å². The molecule has 1 radical (unpaired) electrons. The van der Waals surface area contributed by atoms with E-state index in [2.05, 4.69) is 26.1 Å². The zero-order valence-corrected chi connectivity index (χ0v) is 7.76. The van der Waals surface area contributed by atoms with Crippen molar-refractivity contribution in [2.45, 2.75) is 40.0 Å². The maximum Gasteiger partial charge on any atom is 0.241 e. The van der Waals surface area contributed by atoms with Crippen molar-refractivity contribution in [1.82, 2.24) is 5.32 Å². The molecule has 0 unspecified atom stereocenters. The lowest BCUT2D eigenvalue weighted by molar-refractivity contribution is -0.121. The van der Waals surface area contributed by atoms with Crippen molar-refractivity contribution in [3.8, 4) is 0 Å². The third kappa shape index (κ3) is 7.37. The predicted molar refractivity (Wildman–Crippen MR) is 46.4 cm³/mol. The average molecular weight is 156 g/mol. The van der Waals surface area contributed by atoms with Crippen molar-refractivity contribution in [2.24, 2.45) is 5.92 Å². The summed E-state index contributed by atoms with van der Waals surface area (Å²) in [7, 11) is 0. The molecule has 0 aromatic carbocycles. The van der Waals surface area contributed by atoms with E-state index < -0.39 is 0 Å². The molecule has 0 N–H and O–H groups in total. The molecule has 0 aliphatic carbocycles. The monoisotopic (exact) mass is 156 g/mol. The number of rotatable bonds is 5. The Balaban J connectivity index is 3.23. The van der Waals surface area contributed by atoms with Gasteiger partial charge >= 0.3 is 0 Å². The topological polar surface area (TPSA) is 31.2 Å². The highest BCUT2D eigenvalue weighted by Gasteiger charge is 2.02. The van der Waals surface area contributed by atoms with Gasteiger partial charge in [0.05, 0.1) is 0 Å². The molecule has 0 aromatic heterocycles. The Kier molecular flexibility index (Phi) is 5.90. The molecule has 0 spiro atoms. The van der Waals surface area contributed by atoms with E-state index in [1.807, 2.05) is 0 Å². The van der Waals surface area contributed by atoms with Crippen molar-refractivity contribution in [1.29, 1.82) is 0 Å². The summed E-state index contributed by atoms with van der Waals surface area (Å²) in [6.07, 6.45) is 2.67. The normalized spacial score (nSPS) is 10.2. The standard InChI is InChI=1S/C9H18NO/c1-4-5-6-9(11)10-7-8(2)3/h8H,4-7H2,1-3H3. The van der Waals surface area contributed by atoms with Gasteiger partial charge in [0.15, 0.2) is 0 Å². The molecule has 0 saturated carbocycles. The molecule has 2 nitrogen and oxygen atoms in total. The van der Waals surface area contributed by atoms with Crippen LogP contribution in [0.15, 0.2) is 0 Å². The van der Waals surface area contributed by atoms with Gasteiger partial charge in [-0.05, 0) is 12.3 Å². The first kappa shape index (κ1) is 10.5. The Hall–Kier alpha value is -0.530. The van der Waals surface area contributed by atoms with Gasteiger partial charge in [-0.25, -0.2) is 0 Å². The first-order valence-electron chi connectivity index (χ1n) is 4.37. The molecule has 0 rings (SSSR count). The van der Waals surface area contributed by atoms with Crippen molar-refractivity contribution < 1.29 is 4.79 Å². The van der Waals surface area contributed by atoms with E-state index in [4.69, 9.17) is 0 Å². The largest absolute Gasteiger partial charge is 0.273 e. The molecule has 0 bridgehead atoms. The number of amides is 1. The van der Waals surface area contributed by atoms with Crippen LogP contribution in [0.5, 0.6) is 0 Å². The number of carbonyl (C=O) groups excluding carboxylic acids is 1. The second-order valence-corrected chi connectivity index (χ2v) is 3.23. The van der Waals surface area contributed by atoms with Crippen LogP contribution in [0.3, 0.4) is 0 Å². The summed E-state index contributed by atoms with van der Waals surface area (Å²) in [5.74, 6) is 0.570. The Bertz CT molecular complexity index is 110. The fourth-order valence-corrected chi connectivity index (χ4v) is 0.691. The molecular weight excluding hydrogens is 138 g/mol. The number of nitrogens with zero attached hydrogens (tertiary/aromatic N) is 1. The van der Waals surface area contributed by atoms with Crippen LogP contribution < -0.4 is 5.32 Å². The number of carbonyl (C=O) groups is 1. The van der Waals surface area contributed by atoms with Gasteiger partial charge in [0, 0.05) is 13.0 Å². The van der Waals surface area contributed by atoms with Crippen LogP contribution in [0.2, 0.25) is 0 Å². The lowest BCUT2D eigenvalue weighted by atomic mass is 10.2. The molecule has 0 aromatic rings. The van der Waals surface area contributed by atoms with Gasteiger partial charge in [-0.2, -0.15) is 0 Å². The van der Waals surface area contributed by atoms with E-state index in [-0.39, 0.29) is 5.91 Å². The van der Waals surface area contributed by atoms with Crippen LogP contribution in [-0.2, 0) is 4.79 Å². The lowest BCUT2D eigenvalue weighted by Gasteiger charge is -2.03. The highest BCUT2D eigenvalue weighted by atomic mass is 16.1. The summed E-state index contributed by atoms with van der Waals surface area (Å²) < 4.78 is 0. The predicted octanol–water partition coefficient (Wildman–Crippen LogP) is 1.96. The number of unbranched alkanes of at least 4 members (excludes halogenated alkanes) is 1. The third-order valence-corrected chi connectivity index (χ3v) is 1.38. The molecule has 0 aliphatic rings. The van der Waals surface area contributed by atoms with E-state index in [1.165, 1.54) is 0 Å². The lowest BCUT2D eigenvalue weighted by Crippen LogP contribution is -2.19. The van der Waals surface area contributed by atoms with Crippen LogP contribution >= 0.6 is 0 Å². The molecule has 0 heterocycles. The molecule has 1 amide bonds. The Labute approximate surface area is 69.4 Å². The fraction of sp³-hybridized carbons (Fsp3) is 0.889. The van der Waals surface area contributed by atoms with Crippen LogP contribution in [0.1, 0.15) is 40.0 Å². The summed E-state index contributed by atoms with van der Waals surface area (Å²) in [6, 6.07) is 0. The summed E-state index contributed by atoms with van der Waals surface area (Å²) in [5.41, 5.74) is 0. The highest BCUT2D eigenvalue weighted by Crippen LogP contribution is 1.95. The molecule has 0 saturated heterocycles. The molecule has 0 fully saturated rings. The average Bonchev–Trinajstić information content (AvgIpc) is 1.97. The number of hydrogen-bond donors (Lipinski definition) is 0. The van der Waals surface area contributed by atoms with Crippen LogP contribution in [0.25, 0.3) is 0 Å². The van der Waals surface area contributed by atoms with Crippen LogP contribution in [0.4, 0.5) is 0 Å². The van der Waals surface area contributed by atoms with E-state index >= 15 is 0 Å². The Morgan fingerprint density at radius 1 is 1.45 bits per heavy atom. The van der Waals surface area contributed by atoms with Gasteiger partial charge in [0.1, 0.15) is 0 Å². The Morgan fingerprint density at radius 2 is 2.09 bits per heavy atom. The second-order valence-electron chi connectivity index (χ2n) is 3.23. The van der Waals surface area contributed by atoms with Gasteiger partial charge in [0.25, 0.3) is 0 Å². The van der Waals surface area contributed by atoms with Crippen molar-refractivity contribution in [2.75, 3.05) is 6.54 Å². The molecule has 11 heavy (non-hydrogen) atoms. The molecule has 0 atom stereocenters. The molecule has 65 valence electrons. The van der Waals surface area contributed by atoms with E-state index in [1.54, 1.807) is 0 Å². The highest BCUT2D eigenvalue weighted by molar-refractivity contribution is 5.75. The molecule has 0 aliphatic heterocycles. The van der Waals surface area contributed by atoms with Crippen LogP contribution in [-0.4, -0.2) is 12.5 Å². The SMILES string of the molecule is CCCCC(=O)[N]CC(C)C. The van der Waals surface area contributed by atoms with Crippen molar-refractivity contribution in [3.05, 3.63) is 0 Å². The summed E-state index contributed by atoms with van der Waals surface area (Å²) in [5, 5.41) is 3.92. The fourth-order valence-electron chi connectivity index (χ4n) is 0.691. The third-order valence-electron chi connectivity index (χ3n) is 1.38. The quantitative estimate of drug-likeness (QED) is 0.598. The summed E-state index contributed by atoms with van der Waals surface area (Å²) in [6.45, 7) is 6.89. The first-order valence-corrected chi connectivity index (χ1v) is 4.37. The number of hydrogen-bond acceptors (Lipinski definition) is 1. The Morgan fingerprint density at radius 3 is 2.55 bits per heavy atom. The molecule has 2 heteroatoms. The smallest absolute Gasteiger partial charge is 0.241 e. The zero-order chi connectivity index (χ0) is 8.69. The van der Waals surface area contributed by atoms with E-state index in [0.29, 0.717) is 18.9 Å². The minimum atomic E-state index is 0.0700. The first-order chi connectivity index (χ1) is 5.16. The van der Waals surface area contributed by atoms with Crippen molar-refractivity contribution in [3.63, 3.8) is 0 Å². The minimum absolute atomic E-state index is 0.0700. The second kappa shape index (κ2) is 6.20. The molecular formula is C9H18NO. The zero-order valence-electron chi connectivity index (χ0n) is 7.76. The van der Waals surface area contributed by atoms with Gasteiger partial charge in [0.2, 0.25) is 5.91 Å². The van der Waals surface area contributed by atoms with E-state index in [0.717, 1.165) is 12.8 Å². The van der Waals surface area contributed by atoms with Gasteiger partial charge in [-0.1, -0.05) is 27.2 Å². The minimum Gasteiger partial charge on any atom is -0.273 e. The van der Waals surface area contributed by atoms with Gasteiger partial charge in [-0.15, -0.1) is 0 Å². The summed E-state index contributed by atoms with van der Waals surface area (Å²) in [4.78, 5) is 10.9. The maximum atomic E-state index is 10.9. The maximum absolute atomic E-state index is 10.9. The van der Waals surface area contributed by atoms with Gasteiger partial charge < -0.3 is 0 Å². The van der Waals surface area contributed by atoms with Crippen LogP contribution in [0, 0.1) is 5.92 Å². The van der Waals surface area contributed by atoms with Crippen molar-refractivity contribution >= 4 is 5.91 Å².